The molecule has 1 aliphatic heterocycles. The zero-order valence-electron chi connectivity index (χ0n) is 20.6. The Morgan fingerprint density at radius 2 is 1.59 bits per heavy atom. The van der Waals surface area contributed by atoms with Crippen molar-refractivity contribution in [3.05, 3.63) is 83.1 Å². The molecule has 2 heterocycles. The number of ether oxygens (including phenoxy) is 1. The molecule has 0 saturated carbocycles. The van der Waals surface area contributed by atoms with Gasteiger partial charge in [0.05, 0.1) is 29.3 Å². The number of benzene rings is 3. The van der Waals surface area contributed by atoms with Crippen LogP contribution in [0.5, 0.6) is 5.75 Å². The Bertz CT molecular complexity index is 1510. The number of anilines is 2. The summed E-state index contributed by atoms with van der Waals surface area (Å²) >= 11 is 3.36. The Morgan fingerprint density at radius 3 is 2.32 bits per heavy atom. The average Bonchev–Trinajstić information content (AvgIpc) is 2.93. The first-order valence-corrected chi connectivity index (χ1v) is 14.3. The first kappa shape index (κ1) is 25.6. The van der Waals surface area contributed by atoms with Crippen LogP contribution in [0, 0.1) is 0 Å². The third-order valence-electron chi connectivity index (χ3n) is 6.63. The fourth-order valence-corrected chi connectivity index (χ4v) is 6.19. The molecule has 192 valence electrons. The summed E-state index contributed by atoms with van der Waals surface area (Å²) in [5, 5.41) is 4.34. The first-order valence-electron chi connectivity index (χ1n) is 12.0. The van der Waals surface area contributed by atoms with Gasteiger partial charge in [-0.05, 0) is 55.5 Å². The minimum absolute atomic E-state index is 0.0969. The molecule has 37 heavy (non-hydrogen) atoms. The molecule has 0 aliphatic carbocycles. The molecule has 1 saturated heterocycles. The normalized spacial score (nSPS) is 16.0. The number of fused-ring (bicyclic) bond motifs is 1. The van der Waals surface area contributed by atoms with E-state index in [0.717, 1.165) is 26.8 Å². The lowest BCUT2D eigenvalue weighted by molar-refractivity contribution is 0.141. The second kappa shape index (κ2) is 10.7. The largest absolute Gasteiger partial charge is 0.495 e. The van der Waals surface area contributed by atoms with Crippen molar-refractivity contribution < 1.29 is 13.2 Å². The van der Waals surface area contributed by atoms with Crippen molar-refractivity contribution in [2.24, 2.45) is 0 Å². The molecule has 1 fully saturated rings. The van der Waals surface area contributed by atoms with Gasteiger partial charge in [0.1, 0.15) is 17.4 Å². The minimum atomic E-state index is -3.54. The zero-order valence-corrected chi connectivity index (χ0v) is 23.0. The van der Waals surface area contributed by atoms with Crippen molar-refractivity contribution in [1.82, 2.24) is 19.2 Å². The lowest BCUT2D eigenvalue weighted by Gasteiger charge is -2.36. The molecule has 1 atom stereocenters. The topological polar surface area (TPSA) is 87.7 Å². The molecule has 10 heteroatoms. The molecule has 0 spiro atoms. The number of halogens is 1. The van der Waals surface area contributed by atoms with Gasteiger partial charge in [-0.2, -0.15) is 4.31 Å². The van der Waals surface area contributed by atoms with Crippen molar-refractivity contribution in [3.8, 4) is 5.75 Å². The number of aromatic nitrogens is 2. The van der Waals surface area contributed by atoms with Crippen LogP contribution in [-0.4, -0.2) is 60.9 Å². The standard InChI is InChI=1S/C27H28BrN5O3S/c1-19(32-15-17-33(18-16-32)37(34,35)21-13-11-20(28)12-14-21)26-29-23-8-4-3-7-22(23)27(31-26)30-24-9-5-6-10-25(24)36-2/h3-14,19H,15-18H2,1-2H3,(H,29,30,31)/t19-/m0/s1. The molecule has 1 aliphatic rings. The Hall–Kier alpha value is -3.05. The van der Waals surface area contributed by atoms with Gasteiger partial charge in [-0.3, -0.25) is 4.90 Å². The lowest BCUT2D eigenvalue weighted by atomic mass is 10.2. The number of sulfonamides is 1. The number of nitrogens with zero attached hydrogens (tertiary/aromatic N) is 4. The molecule has 5 rings (SSSR count). The van der Waals surface area contributed by atoms with Gasteiger partial charge in [0.15, 0.2) is 0 Å². The van der Waals surface area contributed by atoms with Gasteiger partial charge >= 0.3 is 0 Å². The minimum Gasteiger partial charge on any atom is -0.495 e. The smallest absolute Gasteiger partial charge is 0.243 e. The molecular formula is C27H28BrN5O3S. The molecular weight excluding hydrogens is 554 g/mol. The van der Waals surface area contributed by atoms with E-state index in [2.05, 4.69) is 33.1 Å². The Labute approximate surface area is 225 Å². The summed E-state index contributed by atoms with van der Waals surface area (Å²) in [7, 11) is -1.90. The van der Waals surface area contributed by atoms with Crippen molar-refractivity contribution in [3.63, 3.8) is 0 Å². The van der Waals surface area contributed by atoms with Crippen molar-refractivity contribution in [2.45, 2.75) is 17.9 Å². The number of para-hydroxylation sites is 3. The number of hydrogen-bond donors (Lipinski definition) is 1. The molecule has 1 N–H and O–H groups in total. The molecule has 0 unspecified atom stereocenters. The molecule has 1 aromatic heterocycles. The maximum Gasteiger partial charge on any atom is 0.243 e. The number of methoxy groups -OCH3 is 1. The summed E-state index contributed by atoms with van der Waals surface area (Å²) in [5.41, 5.74) is 1.66. The molecule has 8 nitrogen and oxygen atoms in total. The van der Waals surface area contributed by atoms with Crippen LogP contribution < -0.4 is 10.1 Å². The summed E-state index contributed by atoms with van der Waals surface area (Å²) < 4.78 is 34.1. The highest BCUT2D eigenvalue weighted by molar-refractivity contribution is 9.10. The van der Waals surface area contributed by atoms with Crippen LogP contribution in [-0.2, 0) is 10.0 Å². The average molecular weight is 583 g/mol. The molecule has 0 amide bonds. The van der Waals surface area contributed by atoms with E-state index in [1.807, 2.05) is 48.5 Å². The van der Waals surface area contributed by atoms with E-state index in [0.29, 0.717) is 42.7 Å². The van der Waals surface area contributed by atoms with Gasteiger partial charge in [-0.25, -0.2) is 18.4 Å². The Balaban J connectivity index is 1.37. The molecule has 4 aromatic rings. The van der Waals surface area contributed by atoms with Crippen LogP contribution >= 0.6 is 15.9 Å². The van der Waals surface area contributed by atoms with Crippen LogP contribution in [0.3, 0.4) is 0 Å². The fourth-order valence-electron chi connectivity index (χ4n) is 4.50. The summed E-state index contributed by atoms with van der Waals surface area (Å²) in [6.07, 6.45) is 0. The van der Waals surface area contributed by atoms with Gasteiger partial charge in [0.25, 0.3) is 0 Å². The van der Waals surface area contributed by atoms with E-state index >= 15 is 0 Å². The van der Waals surface area contributed by atoms with Gasteiger partial charge < -0.3 is 10.1 Å². The maximum absolute atomic E-state index is 13.1. The van der Waals surface area contributed by atoms with Crippen LogP contribution in [0.1, 0.15) is 18.8 Å². The lowest BCUT2D eigenvalue weighted by Crippen LogP contribution is -2.49. The van der Waals surface area contributed by atoms with E-state index in [4.69, 9.17) is 14.7 Å². The highest BCUT2D eigenvalue weighted by atomic mass is 79.9. The van der Waals surface area contributed by atoms with Crippen LogP contribution in [0.4, 0.5) is 11.5 Å². The van der Waals surface area contributed by atoms with E-state index < -0.39 is 10.0 Å². The highest BCUT2D eigenvalue weighted by Crippen LogP contribution is 2.31. The summed E-state index contributed by atoms with van der Waals surface area (Å²) in [6, 6.07) is 22.3. The highest BCUT2D eigenvalue weighted by Gasteiger charge is 2.31. The summed E-state index contributed by atoms with van der Waals surface area (Å²) in [6.45, 7) is 4.05. The summed E-state index contributed by atoms with van der Waals surface area (Å²) in [4.78, 5) is 12.3. The van der Waals surface area contributed by atoms with Crippen molar-refractivity contribution in [1.29, 1.82) is 0 Å². The second-order valence-electron chi connectivity index (χ2n) is 8.84. The molecule has 0 bridgehead atoms. The second-order valence-corrected chi connectivity index (χ2v) is 11.7. The molecule has 0 radical (unpaired) electrons. The van der Waals surface area contributed by atoms with E-state index in [1.165, 1.54) is 0 Å². The van der Waals surface area contributed by atoms with Gasteiger partial charge in [0.2, 0.25) is 10.0 Å². The predicted octanol–water partition coefficient (Wildman–Crippen LogP) is 5.21. The quantitative estimate of drug-likeness (QED) is 0.320. The number of hydrogen-bond acceptors (Lipinski definition) is 7. The van der Waals surface area contributed by atoms with E-state index in [-0.39, 0.29) is 6.04 Å². The third kappa shape index (κ3) is 5.33. The number of piperazine rings is 1. The molecule has 3 aromatic carbocycles. The first-order chi connectivity index (χ1) is 17.9. The monoisotopic (exact) mass is 581 g/mol. The Kier molecular flexibility index (Phi) is 7.43. The zero-order chi connectivity index (χ0) is 26.0. The van der Waals surface area contributed by atoms with Crippen LogP contribution in [0.25, 0.3) is 10.9 Å². The van der Waals surface area contributed by atoms with Crippen LogP contribution in [0.2, 0.25) is 0 Å². The fraction of sp³-hybridized carbons (Fsp3) is 0.259. The number of nitrogens with one attached hydrogen (secondary N) is 1. The van der Waals surface area contributed by atoms with E-state index in [1.54, 1.807) is 35.7 Å². The predicted molar refractivity (Wildman–Crippen MR) is 149 cm³/mol. The maximum atomic E-state index is 13.1. The van der Waals surface area contributed by atoms with Crippen molar-refractivity contribution in [2.75, 3.05) is 38.6 Å². The van der Waals surface area contributed by atoms with Gasteiger partial charge in [-0.1, -0.05) is 40.2 Å². The van der Waals surface area contributed by atoms with Gasteiger partial charge in [-0.15, -0.1) is 0 Å². The van der Waals surface area contributed by atoms with Crippen molar-refractivity contribution >= 4 is 48.4 Å². The summed E-state index contributed by atoms with van der Waals surface area (Å²) in [5.74, 6) is 2.11. The Morgan fingerprint density at radius 1 is 0.919 bits per heavy atom. The SMILES string of the molecule is COc1ccccc1Nc1nc([C@H](C)N2CCN(S(=O)(=O)c3ccc(Br)cc3)CC2)nc2ccccc12. The van der Waals surface area contributed by atoms with Gasteiger partial charge in [0, 0.05) is 36.0 Å². The third-order valence-corrected chi connectivity index (χ3v) is 9.07. The van der Waals surface area contributed by atoms with Crippen LogP contribution in [0.15, 0.2) is 82.2 Å². The van der Waals surface area contributed by atoms with E-state index in [9.17, 15) is 8.42 Å². The number of rotatable bonds is 7.